The Bertz CT molecular complexity index is 462. The van der Waals surface area contributed by atoms with Gasteiger partial charge in [-0.3, -0.25) is 14.7 Å². The first-order chi connectivity index (χ1) is 10.8. The van der Waals surface area contributed by atoms with Crippen molar-refractivity contribution in [3.8, 4) is 0 Å². The summed E-state index contributed by atoms with van der Waals surface area (Å²) in [4.78, 5) is 21.1. The zero-order valence-corrected chi connectivity index (χ0v) is 13.4. The van der Waals surface area contributed by atoms with E-state index in [4.69, 9.17) is 0 Å². The zero-order chi connectivity index (χ0) is 15.2. The van der Waals surface area contributed by atoms with Crippen LogP contribution in [0.15, 0.2) is 24.5 Å². The summed E-state index contributed by atoms with van der Waals surface area (Å²) in [5, 5.41) is 0. The number of carbonyl (C=O) groups excluding carboxylic acids is 1. The van der Waals surface area contributed by atoms with E-state index in [1.165, 1.54) is 32.1 Å². The highest BCUT2D eigenvalue weighted by Crippen LogP contribution is 2.23. The van der Waals surface area contributed by atoms with E-state index in [9.17, 15) is 4.79 Å². The molecule has 1 aliphatic heterocycles. The van der Waals surface area contributed by atoms with E-state index in [2.05, 4.69) is 14.8 Å². The van der Waals surface area contributed by atoms with Crippen LogP contribution < -0.4 is 0 Å². The van der Waals surface area contributed by atoms with Crippen LogP contribution in [0.5, 0.6) is 0 Å². The van der Waals surface area contributed by atoms with Gasteiger partial charge in [0.2, 0.25) is 5.91 Å². The minimum Gasteiger partial charge on any atom is -0.340 e. The molecule has 0 atom stereocenters. The maximum absolute atomic E-state index is 12.3. The van der Waals surface area contributed by atoms with Gasteiger partial charge in [0.25, 0.3) is 0 Å². The van der Waals surface area contributed by atoms with Crippen LogP contribution in [0.25, 0.3) is 0 Å². The topological polar surface area (TPSA) is 36.4 Å². The number of amides is 1. The third-order valence-electron chi connectivity index (χ3n) is 5.11. The molecule has 2 aliphatic rings. The molecule has 4 heteroatoms. The molecule has 1 amide bonds. The summed E-state index contributed by atoms with van der Waals surface area (Å²) >= 11 is 0. The van der Waals surface area contributed by atoms with Crippen LogP contribution in [0, 0.1) is 0 Å². The number of piperazine rings is 1. The average Bonchev–Trinajstić information content (AvgIpc) is 2.61. The third kappa shape index (κ3) is 4.07. The lowest BCUT2D eigenvalue weighted by atomic mass is 9.94. The molecule has 0 aromatic carbocycles. The molecule has 2 heterocycles. The minimum atomic E-state index is 0.298. The number of rotatable bonds is 4. The van der Waals surface area contributed by atoms with Gasteiger partial charge >= 0.3 is 0 Å². The number of hydrogen-bond donors (Lipinski definition) is 0. The van der Waals surface area contributed by atoms with E-state index in [1.807, 2.05) is 18.3 Å². The second-order valence-electron chi connectivity index (χ2n) is 6.57. The normalized spacial score (nSPS) is 21.0. The predicted molar refractivity (Wildman–Crippen MR) is 87.6 cm³/mol. The van der Waals surface area contributed by atoms with E-state index >= 15 is 0 Å². The van der Waals surface area contributed by atoms with E-state index < -0.39 is 0 Å². The molecule has 0 bridgehead atoms. The molecule has 0 radical (unpaired) electrons. The standard InChI is InChI=1S/C18H27N3O/c22-18(9-8-16-5-4-10-19-15-16)21-13-11-20(12-14-21)17-6-2-1-3-7-17/h4-5,10,15,17H,1-3,6-9,11-14H2. The first-order valence-electron chi connectivity index (χ1n) is 8.73. The van der Waals surface area contributed by atoms with Crippen molar-refractivity contribution in [1.29, 1.82) is 0 Å². The zero-order valence-electron chi connectivity index (χ0n) is 13.4. The molecule has 0 spiro atoms. The van der Waals surface area contributed by atoms with E-state index in [1.54, 1.807) is 6.20 Å². The Morgan fingerprint density at radius 1 is 1.14 bits per heavy atom. The Hall–Kier alpha value is -1.42. The van der Waals surface area contributed by atoms with Gasteiger partial charge in [-0.05, 0) is 30.9 Å². The van der Waals surface area contributed by atoms with Crippen molar-refractivity contribution in [1.82, 2.24) is 14.8 Å². The van der Waals surface area contributed by atoms with Crippen molar-refractivity contribution in [3.63, 3.8) is 0 Å². The summed E-state index contributed by atoms with van der Waals surface area (Å²) in [7, 11) is 0. The van der Waals surface area contributed by atoms with Crippen LogP contribution in [0.4, 0.5) is 0 Å². The summed E-state index contributed by atoms with van der Waals surface area (Å²) < 4.78 is 0. The third-order valence-corrected chi connectivity index (χ3v) is 5.11. The molecule has 120 valence electrons. The van der Waals surface area contributed by atoms with Gasteiger partial charge in [0.15, 0.2) is 0 Å². The Morgan fingerprint density at radius 3 is 2.59 bits per heavy atom. The minimum absolute atomic E-state index is 0.298. The summed E-state index contributed by atoms with van der Waals surface area (Å²) in [5.74, 6) is 0.298. The second kappa shape index (κ2) is 7.73. The number of hydrogen-bond acceptors (Lipinski definition) is 3. The molecule has 4 nitrogen and oxygen atoms in total. The fourth-order valence-corrected chi connectivity index (χ4v) is 3.74. The van der Waals surface area contributed by atoms with E-state index in [-0.39, 0.29) is 0 Å². The van der Waals surface area contributed by atoms with Gasteiger partial charge in [-0.2, -0.15) is 0 Å². The van der Waals surface area contributed by atoms with E-state index in [0.717, 1.165) is 44.2 Å². The SMILES string of the molecule is O=C(CCc1cccnc1)N1CCN(C2CCCCC2)CC1. The van der Waals surface area contributed by atoms with Crippen molar-refractivity contribution in [2.75, 3.05) is 26.2 Å². The van der Waals surface area contributed by atoms with Gasteiger partial charge < -0.3 is 4.90 Å². The first kappa shape index (κ1) is 15.5. The van der Waals surface area contributed by atoms with Crippen LogP contribution in [0.3, 0.4) is 0 Å². The summed E-state index contributed by atoms with van der Waals surface area (Å²) in [6.07, 6.45) is 11.9. The lowest BCUT2D eigenvalue weighted by Gasteiger charge is -2.40. The van der Waals surface area contributed by atoms with Gasteiger partial charge in [0, 0.05) is 51.0 Å². The Labute approximate surface area is 133 Å². The highest BCUT2D eigenvalue weighted by atomic mass is 16.2. The van der Waals surface area contributed by atoms with Crippen LogP contribution in [0.2, 0.25) is 0 Å². The quantitative estimate of drug-likeness (QED) is 0.857. The van der Waals surface area contributed by atoms with Crippen molar-refractivity contribution in [2.24, 2.45) is 0 Å². The van der Waals surface area contributed by atoms with Crippen molar-refractivity contribution >= 4 is 5.91 Å². The van der Waals surface area contributed by atoms with Crippen LogP contribution >= 0.6 is 0 Å². The van der Waals surface area contributed by atoms with Crippen molar-refractivity contribution in [3.05, 3.63) is 30.1 Å². The molecule has 1 aliphatic carbocycles. The molecule has 1 aromatic rings. The van der Waals surface area contributed by atoms with Crippen LogP contribution in [-0.4, -0.2) is 52.9 Å². The molecular formula is C18H27N3O. The molecule has 3 rings (SSSR count). The van der Waals surface area contributed by atoms with Crippen LogP contribution in [0.1, 0.15) is 44.1 Å². The predicted octanol–water partition coefficient (Wildman–Crippen LogP) is 2.49. The van der Waals surface area contributed by atoms with Crippen molar-refractivity contribution in [2.45, 2.75) is 51.0 Å². The Balaban J connectivity index is 1.41. The molecule has 0 unspecified atom stereocenters. The lowest BCUT2D eigenvalue weighted by molar-refractivity contribution is -0.133. The number of nitrogens with zero attached hydrogens (tertiary/aromatic N) is 3. The smallest absolute Gasteiger partial charge is 0.222 e. The summed E-state index contributed by atoms with van der Waals surface area (Å²) in [6.45, 7) is 3.93. The van der Waals surface area contributed by atoms with Gasteiger partial charge in [0.1, 0.15) is 0 Å². The highest BCUT2D eigenvalue weighted by Gasteiger charge is 2.26. The summed E-state index contributed by atoms with van der Waals surface area (Å²) in [6, 6.07) is 4.76. The molecular weight excluding hydrogens is 274 g/mol. The lowest BCUT2D eigenvalue weighted by Crippen LogP contribution is -2.52. The Kier molecular flexibility index (Phi) is 5.43. The van der Waals surface area contributed by atoms with Gasteiger partial charge in [-0.1, -0.05) is 25.3 Å². The molecule has 2 fully saturated rings. The molecule has 1 aromatic heterocycles. The molecule has 1 saturated heterocycles. The fourth-order valence-electron chi connectivity index (χ4n) is 3.74. The number of pyridine rings is 1. The van der Waals surface area contributed by atoms with Gasteiger partial charge in [-0.15, -0.1) is 0 Å². The van der Waals surface area contributed by atoms with Crippen LogP contribution in [-0.2, 0) is 11.2 Å². The molecule has 0 N–H and O–H groups in total. The monoisotopic (exact) mass is 301 g/mol. The highest BCUT2D eigenvalue weighted by molar-refractivity contribution is 5.76. The number of aromatic nitrogens is 1. The average molecular weight is 301 g/mol. The fraction of sp³-hybridized carbons (Fsp3) is 0.667. The maximum Gasteiger partial charge on any atom is 0.222 e. The van der Waals surface area contributed by atoms with Gasteiger partial charge in [0.05, 0.1) is 0 Å². The Morgan fingerprint density at radius 2 is 1.91 bits per heavy atom. The first-order valence-corrected chi connectivity index (χ1v) is 8.73. The molecule has 1 saturated carbocycles. The maximum atomic E-state index is 12.3. The van der Waals surface area contributed by atoms with E-state index in [0.29, 0.717) is 12.3 Å². The van der Waals surface area contributed by atoms with Crippen molar-refractivity contribution < 1.29 is 4.79 Å². The number of carbonyl (C=O) groups is 1. The second-order valence-corrected chi connectivity index (χ2v) is 6.57. The number of aryl methyl sites for hydroxylation is 1. The largest absolute Gasteiger partial charge is 0.340 e. The van der Waals surface area contributed by atoms with Gasteiger partial charge in [-0.25, -0.2) is 0 Å². The summed E-state index contributed by atoms with van der Waals surface area (Å²) in [5.41, 5.74) is 1.15. The molecule has 22 heavy (non-hydrogen) atoms.